The van der Waals surface area contributed by atoms with Crippen molar-refractivity contribution in [3.63, 3.8) is 0 Å². The normalized spacial score (nSPS) is 18.2. The van der Waals surface area contributed by atoms with Crippen molar-refractivity contribution in [2.75, 3.05) is 13.7 Å². The Hall–Kier alpha value is -4.87. The van der Waals surface area contributed by atoms with Crippen LogP contribution in [-0.2, 0) is 20.9 Å². The maximum absolute atomic E-state index is 13.9. The van der Waals surface area contributed by atoms with Crippen LogP contribution in [0.25, 0.3) is 0 Å². The quantitative estimate of drug-likeness (QED) is 0.242. The summed E-state index contributed by atoms with van der Waals surface area (Å²) < 4.78 is 23.7. The van der Waals surface area contributed by atoms with Gasteiger partial charge in [0, 0.05) is 25.0 Å². The summed E-state index contributed by atoms with van der Waals surface area (Å²) in [5.74, 6) is -3.23. The second-order valence-corrected chi connectivity index (χ2v) is 9.04. The number of ether oxygens (including phenoxy) is 2. The Kier molecular flexibility index (Phi) is 8.67. The van der Waals surface area contributed by atoms with Gasteiger partial charge in [-0.15, -0.1) is 0 Å². The third kappa shape index (κ3) is 5.90. The van der Waals surface area contributed by atoms with Crippen molar-refractivity contribution in [1.29, 1.82) is 0 Å². The molecule has 0 radical (unpaired) electrons. The summed E-state index contributed by atoms with van der Waals surface area (Å²) in [7, 11) is 1.29. The molecule has 11 nitrogen and oxygen atoms in total. The molecule has 2 aromatic carbocycles. The molecule has 1 fully saturated rings. The number of benzene rings is 2. The van der Waals surface area contributed by atoms with Crippen LogP contribution in [0, 0.1) is 21.8 Å². The van der Waals surface area contributed by atoms with Crippen molar-refractivity contribution in [2.45, 2.75) is 32.0 Å². The highest BCUT2D eigenvalue weighted by Crippen LogP contribution is 2.44. The smallest absolute Gasteiger partial charge is 0.311 e. The number of nitrogens with zero attached hydrogens (tertiary/aromatic N) is 3. The molecule has 1 aromatic heterocycles. The molecule has 0 bridgehead atoms. The minimum absolute atomic E-state index is 0.00171. The van der Waals surface area contributed by atoms with Crippen LogP contribution in [0.1, 0.15) is 40.9 Å². The van der Waals surface area contributed by atoms with Gasteiger partial charge in [-0.2, -0.15) is 0 Å². The van der Waals surface area contributed by atoms with Crippen LogP contribution >= 0.6 is 0 Å². The van der Waals surface area contributed by atoms with E-state index in [-0.39, 0.29) is 42.1 Å². The Morgan fingerprint density at radius 1 is 1.18 bits per heavy atom. The molecule has 1 N–H and O–H groups in total. The Morgan fingerprint density at radius 3 is 2.55 bits per heavy atom. The molecule has 3 aromatic rings. The van der Waals surface area contributed by atoms with E-state index in [1.807, 2.05) is 0 Å². The van der Waals surface area contributed by atoms with E-state index in [1.165, 1.54) is 72.9 Å². The number of nitro groups is 1. The monoisotopic (exact) mass is 550 g/mol. The average Bonchev–Trinajstić information content (AvgIpc) is 3.37. The number of carbonyl (C=O) groups excluding carboxylic acids is 3. The van der Waals surface area contributed by atoms with Gasteiger partial charge in [0.1, 0.15) is 11.9 Å². The SMILES string of the molecule is CCOC(=O)C1CC(C(=O)NCc2ccc(F)cc2)N(C(=O)c2cccnc2)C1c1ccc(OC)c([N+](=O)[O-])c1. The molecule has 40 heavy (non-hydrogen) atoms. The molecule has 1 aliphatic rings. The van der Waals surface area contributed by atoms with E-state index in [0.717, 1.165) is 0 Å². The van der Waals surface area contributed by atoms with Gasteiger partial charge in [0.25, 0.3) is 5.91 Å². The summed E-state index contributed by atoms with van der Waals surface area (Å²) in [5, 5.41) is 14.5. The highest BCUT2D eigenvalue weighted by Gasteiger charge is 2.51. The van der Waals surface area contributed by atoms with Crippen LogP contribution in [0.2, 0.25) is 0 Å². The zero-order valence-corrected chi connectivity index (χ0v) is 21.8. The van der Waals surface area contributed by atoms with Crippen LogP contribution in [0.15, 0.2) is 67.0 Å². The van der Waals surface area contributed by atoms with E-state index >= 15 is 0 Å². The average molecular weight is 551 g/mol. The number of hydrogen-bond donors (Lipinski definition) is 1. The largest absolute Gasteiger partial charge is 0.490 e. The zero-order valence-electron chi connectivity index (χ0n) is 21.8. The van der Waals surface area contributed by atoms with E-state index in [0.29, 0.717) is 5.56 Å². The van der Waals surface area contributed by atoms with E-state index in [2.05, 4.69) is 10.3 Å². The van der Waals surface area contributed by atoms with Crippen LogP contribution < -0.4 is 10.1 Å². The van der Waals surface area contributed by atoms with Crippen molar-refractivity contribution in [3.05, 3.63) is 99.6 Å². The predicted molar refractivity (Wildman–Crippen MR) is 140 cm³/mol. The number of likely N-dealkylation sites (tertiary alicyclic amines) is 1. The van der Waals surface area contributed by atoms with Gasteiger partial charge < -0.3 is 19.7 Å². The number of nitro benzene ring substituents is 1. The fraction of sp³-hybridized carbons (Fsp3) is 0.286. The molecule has 1 aliphatic heterocycles. The van der Waals surface area contributed by atoms with Crippen molar-refractivity contribution in [3.8, 4) is 5.75 Å². The van der Waals surface area contributed by atoms with Crippen molar-refractivity contribution in [2.24, 2.45) is 5.92 Å². The lowest BCUT2D eigenvalue weighted by atomic mass is 9.92. The van der Waals surface area contributed by atoms with Crippen molar-refractivity contribution >= 4 is 23.5 Å². The fourth-order valence-corrected chi connectivity index (χ4v) is 4.82. The van der Waals surface area contributed by atoms with Gasteiger partial charge in [-0.25, -0.2) is 4.39 Å². The Bertz CT molecular complexity index is 1400. The van der Waals surface area contributed by atoms with E-state index < -0.39 is 46.5 Å². The number of pyridine rings is 1. The fourth-order valence-electron chi connectivity index (χ4n) is 4.82. The molecular formula is C28H27FN4O7. The first-order valence-corrected chi connectivity index (χ1v) is 12.5. The lowest BCUT2D eigenvalue weighted by molar-refractivity contribution is -0.385. The molecule has 0 spiro atoms. The topological polar surface area (TPSA) is 141 Å². The standard InChI is InChI=1S/C28H27FN4O7/c1-3-40-28(36)21-14-23(26(34)31-15-17-6-9-20(29)10-7-17)32(27(35)19-5-4-12-30-16-19)25(21)18-8-11-24(39-2)22(13-18)33(37)38/h4-13,16,21,23,25H,3,14-15H2,1-2H3,(H,31,34). The number of halogens is 1. The van der Waals surface area contributed by atoms with Crippen LogP contribution in [0.3, 0.4) is 0 Å². The summed E-state index contributed by atoms with van der Waals surface area (Å²) >= 11 is 0. The lowest BCUT2D eigenvalue weighted by Gasteiger charge is -2.31. The molecule has 0 aliphatic carbocycles. The molecule has 1 saturated heterocycles. The Labute approximate surface area is 229 Å². The number of carbonyl (C=O) groups is 3. The Morgan fingerprint density at radius 2 is 1.93 bits per heavy atom. The van der Waals surface area contributed by atoms with Crippen molar-refractivity contribution in [1.82, 2.24) is 15.2 Å². The lowest BCUT2D eigenvalue weighted by Crippen LogP contribution is -2.46. The molecule has 3 unspecified atom stereocenters. The number of amides is 2. The third-order valence-electron chi connectivity index (χ3n) is 6.65. The maximum Gasteiger partial charge on any atom is 0.311 e. The molecule has 2 heterocycles. The second-order valence-electron chi connectivity index (χ2n) is 9.04. The molecule has 208 valence electrons. The Balaban J connectivity index is 1.78. The predicted octanol–water partition coefficient (Wildman–Crippen LogP) is 3.59. The minimum Gasteiger partial charge on any atom is -0.490 e. The molecule has 12 heteroatoms. The first kappa shape index (κ1) is 28.1. The number of esters is 1. The summed E-state index contributed by atoms with van der Waals surface area (Å²) in [5.41, 5.74) is 0.690. The van der Waals surface area contributed by atoms with Crippen LogP contribution in [0.4, 0.5) is 10.1 Å². The summed E-state index contributed by atoms with van der Waals surface area (Å²) in [4.78, 5) is 57.0. The minimum atomic E-state index is -1.13. The summed E-state index contributed by atoms with van der Waals surface area (Å²) in [6, 6.07) is 10.6. The molecule has 4 rings (SSSR count). The maximum atomic E-state index is 13.9. The van der Waals surface area contributed by atoms with Crippen LogP contribution in [-0.4, -0.2) is 52.3 Å². The van der Waals surface area contributed by atoms with Gasteiger partial charge >= 0.3 is 11.7 Å². The van der Waals surface area contributed by atoms with E-state index in [1.54, 1.807) is 13.0 Å². The molecule has 3 atom stereocenters. The second kappa shape index (κ2) is 12.3. The van der Waals surface area contributed by atoms with Crippen molar-refractivity contribution < 1.29 is 33.2 Å². The zero-order chi connectivity index (χ0) is 28.8. The highest BCUT2D eigenvalue weighted by atomic mass is 19.1. The van der Waals surface area contributed by atoms with Crippen LogP contribution in [0.5, 0.6) is 5.75 Å². The van der Waals surface area contributed by atoms with Gasteiger partial charge in [0.05, 0.1) is 36.2 Å². The highest BCUT2D eigenvalue weighted by molar-refractivity contribution is 5.99. The summed E-state index contributed by atoms with van der Waals surface area (Å²) in [6.45, 7) is 1.74. The molecular weight excluding hydrogens is 523 g/mol. The van der Waals surface area contributed by atoms with Gasteiger partial charge in [0.2, 0.25) is 5.91 Å². The molecule has 2 amide bonds. The third-order valence-corrected chi connectivity index (χ3v) is 6.65. The first-order chi connectivity index (χ1) is 19.2. The number of aromatic nitrogens is 1. The van der Waals surface area contributed by atoms with Gasteiger partial charge in [0.15, 0.2) is 5.75 Å². The van der Waals surface area contributed by atoms with E-state index in [9.17, 15) is 28.9 Å². The van der Waals surface area contributed by atoms with Gasteiger partial charge in [-0.05, 0) is 54.8 Å². The molecule has 0 saturated carbocycles. The van der Waals surface area contributed by atoms with Gasteiger partial charge in [-0.3, -0.25) is 29.5 Å². The number of nitrogens with one attached hydrogen (secondary N) is 1. The summed E-state index contributed by atoms with van der Waals surface area (Å²) in [6.07, 6.45) is 2.73. The number of hydrogen-bond acceptors (Lipinski definition) is 8. The number of rotatable bonds is 9. The number of methoxy groups -OCH3 is 1. The van der Waals surface area contributed by atoms with E-state index in [4.69, 9.17) is 9.47 Å². The van der Waals surface area contributed by atoms with Gasteiger partial charge in [-0.1, -0.05) is 18.2 Å². The first-order valence-electron chi connectivity index (χ1n) is 12.5.